The van der Waals surface area contributed by atoms with Gasteiger partial charge in [-0.15, -0.1) is 4.99 Å². The van der Waals surface area contributed by atoms with Gasteiger partial charge in [0.1, 0.15) is 5.75 Å². The van der Waals surface area contributed by atoms with Crippen LogP contribution in [0.1, 0.15) is 0 Å². The summed E-state index contributed by atoms with van der Waals surface area (Å²) in [5, 5.41) is 13.2. The first-order valence-corrected chi connectivity index (χ1v) is 4.62. The van der Waals surface area contributed by atoms with Crippen molar-refractivity contribution in [1.29, 1.82) is 0 Å². The molecule has 0 saturated heterocycles. The maximum Gasteiger partial charge on any atom is 0.242 e. The van der Waals surface area contributed by atoms with Crippen molar-refractivity contribution >= 4 is 11.9 Å². The summed E-state index contributed by atoms with van der Waals surface area (Å²) in [7, 11) is 1.76. The number of benzene rings is 1. The Morgan fingerprint density at radius 1 is 1.38 bits per heavy atom. The normalized spacial score (nSPS) is 9.81. The summed E-state index contributed by atoms with van der Waals surface area (Å²) >= 11 is 0. The third-order valence-corrected chi connectivity index (χ3v) is 2.19. The van der Waals surface area contributed by atoms with E-state index in [0.29, 0.717) is 5.82 Å². The molecule has 0 radical (unpaired) electrons. The number of phenols is 1. The van der Waals surface area contributed by atoms with E-state index in [0.717, 1.165) is 11.3 Å². The largest absolute Gasteiger partial charge is 0.508 e. The van der Waals surface area contributed by atoms with Crippen LogP contribution < -0.4 is 0 Å². The first-order valence-electron chi connectivity index (χ1n) is 4.62. The Morgan fingerprint density at radius 2 is 2.06 bits per heavy atom. The first kappa shape index (κ1) is 10.1. The van der Waals surface area contributed by atoms with Crippen LogP contribution in [0.5, 0.6) is 5.75 Å². The fourth-order valence-electron chi connectivity index (χ4n) is 1.46. The Labute approximate surface area is 91.7 Å². The Bertz CT molecular complexity index is 551. The standard InChI is InChI=1S/C11H9N3O2/c1-14-10(6-11(13-14)12-7-15)8-2-4-9(16)5-3-8/h2-6,16H,1H3. The minimum absolute atomic E-state index is 0.206. The van der Waals surface area contributed by atoms with Crippen LogP contribution in [0.3, 0.4) is 0 Å². The molecular weight excluding hydrogens is 206 g/mol. The monoisotopic (exact) mass is 215 g/mol. The summed E-state index contributed by atoms with van der Waals surface area (Å²) in [5.74, 6) is 0.526. The third-order valence-electron chi connectivity index (χ3n) is 2.19. The van der Waals surface area contributed by atoms with Crippen molar-refractivity contribution < 1.29 is 9.90 Å². The molecule has 1 aromatic heterocycles. The summed E-state index contributed by atoms with van der Waals surface area (Å²) < 4.78 is 1.61. The molecule has 0 spiro atoms. The minimum atomic E-state index is 0.206. The second-order valence-electron chi connectivity index (χ2n) is 3.26. The zero-order valence-electron chi connectivity index (χ0n) is 8.58. The van der Waals surface area contributed by atoms with Gasteiger partial charge in [-0.25, -0.2) is 4.79 Å². The molecule has 0 atom stereocenters. The molecule has 1 heterocycles. The van der Waals surface area contributed by atoms with Crippen molar-refractivity contribution in [3.8, 4) is 17.0 Å². The van der Waals surface area contributed by atoms with E-state index in [1.54, 1.807) is 42.1 Å². The smallest absolute Gasteiger partial charge is 0.242 e. The lowest BCUT2D eigenvalue weighted by Crippen LogP contribution is -1.92. The fourth-order valence-corrected chi connectivity index (χ4v) is 1.46. The Morgan fingerprint density at radius 3 is 2.69 bits per heavy atom. The highest BCUT2D eigenvalue weighted by Crippen LogP contribution is 2.24. The topological polar surface area (TPSA) is 67.5 Å². The van der Waals surface area contributed by atoms with Crippen LogP contribution in [0.25, 0.3) is 11.3 Å². The molecule has 0 saturated carbocycles. The molecular formula is C11H9N3O2. The number of phenolic OH excluding ortho intramolecular Hbond substituents is 1. The lowest BCUT2D eigenvalue weighted by Gasteiger charge is -2.00. The molecule has 0 fully saturated rings. The molecule has 2 aromatic rings. The number of hydrogen-bond donors (Lipinski definition) is 1. The van der Waals surface area contributed by atoms with Gasteiger partial charge >= 0.3 is 0 Å². The molecule has 5 heteroatoms. The number of rotatable bonds is 2. The van der Waals surface area contributed by atoms with E-state index in [1.807, 2.05) is 0 Å². The highest BCUT2D eigenvalue weighted by atomic mass is 16.3. The van der Waals surface area contributed by atoms with Crippen molar-refractivity contribution in [1.82, 2.24) is 9.78 Å². The highest BCUT2D eigenvalue weighted by molar-refractivity contribution is 5.64. The second kappa shape index (κ2) is 4.00. The summed E-state index contributed by atoms with van der Waals surface area (Å²) in [6, 6.07) is 8.38. The Kier molecular flexibility index (Phi) is 2.54. The average molecular weight is 215 g/mol. The van der Waals surface area contributed by atoms with Gasteiger partial charge in [0.05, 0.1) is 5.69 Å². The summed E-state index contributed by atoms with van der Waals surface area (Å²) in [6.07, 6.45) is 1.44. The summed E-state index contributed by atoms with van der Waals surface area (Å²) in [6.45, 7) is 0. The van der Waals surface area contributed by atoms with E-state index in [2.05, 4.69) is 10.1 Å². The number of aromatic nitrogens is 2. The minimum Gasteiger partial charge on any atom is -0.508 e. The molecule has 1 N–H and O–H groups in total. The molecule has 0 bridgehead atoms. The number of carbonyl (C=O) groups excluding carboxylic acids is 1. The van der Waals surface area contributed by atoms with E-state index in [9.17, 15) is 9.90 Å². The molecule has 5 nitrogen and oxygen atoms in total. The number of aromatic hydroxyl groups is 1. The molecule has 16 heavy (non-hydrogen) atoms. The Balaban J connectivity index is 2.47. The van der Waals surface area contributed by atoms with Crippen LogP contribution >= 0.6 is 0 Å². The highest BCUT2D eigenvalue weighted by Gasteiger charge is 2.06. The molecule has 0 aliphatic carbocycles. The van der Waals surface area contributed by atoms with Crippen molar-refractivity contribution in [3.05, 3.63) is 30.3 Å². The summed E-state index contributed by atoms with van der Waals surface area (Å²) in [5.41, 5.74) is 1.70. The lowest BCUT2D eigenvalue weighted by molar-refractivity contribution is 0.475. The van der Waals surface area contributed by atoms with Gasteiger partial charge in [0.2, 0.25) is 6.08 Å². The van der Waals surface area contributed by atoms with Gasteiger partial charge in [-0.2, -0.15) is 5.10 Å². The third kappa shape index (κ3) is 1.85. The van der Waals surface area contributed by atoms with E-state index in [-0.39, 0.29) is 5.75 Å². The molecule has 2 rings (SSSR count). The number of isocyanates is 1. The zero-order chi connectivity index (χ0) is 11.5. The van der Waals surface area contributed by atoms with Crippen LogP contribution in [0.15, 0.2) is 35.3 Å². The second-order valence-corrected chi connectivity index (χ2v) is 3.26. The van der Waals surface area contributed by atoms with Gasteiger partial charge in [-0.1, -0.05) is 0 Å². The molecule has 1 aromatic carbocycles. The van der Waals surface area contributed by atoms with Gasteiger partial charge in [0.15, 0.2) is 5.82 Å². The number of nitrogens with zero attached hydrogens (tertiary/aromatic N) is 3. The van der Waals surface area contributed by atoms with Gasteiger partial charge in [0, 0.05) is 18.7 Å². The van der Waals surface area contributed by atoms with Gasteiger partial charge in [-0.3, -0.25) is 4.68 Å². The van der Waals surface area contributed by atoms with Crippen molar-refractivity contribution in [3.63, 3.8) is 0 Å². The molecule has 0 amide bonds. The van der Waals surface area contributed by atoms with Crippen molar-refractivity contribution in [2.24, 2.45) is 12.0 Å². The quantitative estimate of drug-likeness (QED) is 0.613. The van der Waals surface area contributed by atoms with Gasteiger partial charge < -0.3 is 5.11 Å². The predicted octanol–water partition coefficient (Wildman–Crippen LogP) is 1.76. The van der Waals surface area contributed by atoms with Crippen LogP contribution in [0.4, 0.5) is 5.82 Å². The van der Waals surface area contributed by atoms with Crippen LogP contribution in [-0.2, 0) is 11.8 Å². The van der Waals surface area contributed by atoms with Crippen LogP contribution in [0, 0.1) is 0 Å². The fraction of sp³-hybridized carbons (Fsp3) is 0.0909. The first-order chi connectivity index (χ1) is 7.70. The number of hydrogen-bond acceptors (Lipinski definition) is 4. The predicted molar refractivity (Wildman–Crippen MR) is 58.1 cm³/mol. The molecule has 0 aliphatic rings. The zero-order valence-corrected chi connectivity index (χ0v) is 8.58. The SMILES string of the molecule is Cn1nc(N=C=O)cc1-c1ccc(O)cc1. The van der Waals surface area contributed by atoms with E-state index in [4.69, 9.17) is 0 Å². The lowest BCUT2D eigenvalue weighted by atomic mass is 10.1. The van der Waals surface area contributed by atoms with Crippen molar-refractivity contribution in [2.45, 2.75) is 0 Å². The molecule has 0 unspecified atom stereocenters. The van der Waals surface area contributed by atoms with E-state index >= 15 is 0 Å². The van der Waals surface area contributed by atoms with E-state index < -0.39 is 0 Å². The maximum absolute atomic E-state index is 10.1. The average Bonchev–Trinajstić information content (AvgIpc) is 2.61. The number of aliphatic imine (C=N–C) groups is 1. The maximum atomic E-state index is 10.1. The van der Waals surface area contributed by atoms with Crippen LogP contribution in [-0.4, -0.2) is 21.0 Å². The van der Waals surface area contributed by atoms with Crippen LogP contribution in [0.2, 0.25) is 0 Å². The Hall–Kier alpha value is -2.39. The van der Waals surface area contributed by atoms with Gasteiger partial charge in [-0.05, 0) is 24.3 Å². The van der Waals surface area contributed by atoms with E-state index in [1.165, 1.54) is 6.08 Å². The van der Waals surface area contributed by atoms with Gasteiger partial charge in [0.25, 0.3) is 0 Å². The molecule has 80 valence electrons. The molecule has 0 aliphatic heterocycles. The summed E-state index contributed by atoms with van der Waals surface area (Å²) in [4.78, 5) is 13.5. The van der Waals surface area contributed by atoms with Crippen molar-refractivity contribution in [2.75, 3.05) is 0 Å². The number of aryl methyl sites for hydroxylation is 1.